The van der Waals surface area contributed by atoms with Crippen LogP contribution in [0.4, 0.5) is 5.69 Å². The van der Waals surface area contributed by atoms with E-state index in [1.807, 2.05) is 0 Å². The SMILES string of the molecule is COC(=O)c1cccc(C(=O)NC(=O)c2ccc(N)cc2)n1. The Labute approximate surface area is 126 Å². The fraction of sp³-hybridized carbons (Fsp3) is 0.0667. The predicted octanol–water partition coefficient (Wildman–Crippen LogP) is 1.02. The van der Waals surface area contributed by atoms with Gasteiger partial charge in [0.05, 0.1) is 7.11 Å². The molecule has 0 radical (unpaired) electrons. The number of amides is 2. The van der Waals surface area contributed by atoms with Crippen molar-refractivity contribution in [2.75, 3.05) is 12.8 Å². The number of aromatic nitrogens is 1. The summed E-state index contributed by atoms with van der Waals surface area (Å²) >= 11 is 0. The first-order valence-corrected chi connectivity index (χ1v) is 6.28. The highest BCUT2D eigenvalue weighted by molar-refractivity contribution is 6.09. The number of hydrogen-bond donors (Lipinski definition) is 2. The Balaban J connectivity index is 2.13. The predicted molar refractivity (Wildman–Crippen MR) is 78.2 cm³/mol. The number of carbonyl (C=O) groups excluding carboxylic acids is 3. The summed E-state index contributed by atoms with van der Waals surface area (Å²) in [5, 5.41) is 2.18. The zero-order valence-electron chi connectivity index (χ0n) is 11.7. The minimum atomic E-state index is -0.715. The highest BCUT2D eigenvalue weighted by atomic mass is 16.5. The van der Waals surface area contributed by atoms with Crippen LogP contribution in [0.5, 0.6) is 0 Å². The molecule has 0 aliphatic heterocycles. The smallest absolute Gasteiger partial charge is 0.356 e. The number of anilines is 1. The average Bonchev–Trinajstić information content (AvgIpc) is 2.54. The molecule has 2 amide bonds. The third kappa shape index (κ3) is 3.45. The second-order valence-corrected chi connectivity index (χ2v) is 4.30. The maximum absolute atomic E-state index is 12.0. The van der Waals surface area contributed by atoms with E-state index in [0.717, 1.165) is 0 Å². The van der Waals surface area contributed by atoms with Gasteiger partial charge in [0.2, 0.25) is 0 Å². The van der Waals surface area contributed by atoms with Crippen LogP contribution in [0.2, 0.25) is 0 Å². The van der Waals surface area contributed by atoms with Gasteiger partial charge < -0.3 is 10.5 Å². The lowest BCUT2D eigenvalue weighted by Gasteiger charge is -2.05. The van der Waals surface area contributed by atoms with Gasteiger partial charge in [-0.15, -0.1) is 0 Å². The largest absolute Gasteiger partial charge is 0.464 e. The number of nitrogens with two attached hydrogens (primary N) is 1. The molecule has 0 atom stereocenters. The maximum Gasteiger partial charge on any atom is 0.356 e. The molecular weight excluding hydrogens is 286 g/mol. The third-order valence-electron chi connectivity index (χ3n) is 2.78. The number of esters is 1. The lowest BCUT2D eigenvalue weighted by Crippen LogP contribution is -2.31. The van der Waals surface area contributed by atoms with Gasteiger partial charge in [-0.1, -0.05) is 6.07 Å². The van der Waals surface area contributed by atoms with Crippen molar-refractivity contribution in [3.8, 4) is 0 Å². The lowest BCUT2D eigenvalue weighted by atomic mass is 10.2. The molecule has 0 spiro atoms. The number of benzene rings is 1. The van der Waals surface area contributed by atoms with Crippen LogP contribution in [0.3, 0.4) is 0 Å². The van der Waals surface area contributed by atoms with Crippen molar-refractivity contribution in [1.29, 1.82) is 0 Å². The van der Waals surface area contributed by atoms with Crippen molar-refractivity contribution in [3.05, 3.63) is 59.4 Å². The summed E-state index contributed by atoms with van der Waals surface area (Å²) in [4.78, 5) is 39.1. The zero-order chi connectivity index (χ0) is 16.1. The Kier molecular flexibility index (Phi) is 4.47. The number of nitrogens with one attached hydrogen (secondary N) is 1. The van der Waals surface area contributed by atoms with Crippen LogP contribution >= 0.6 is 0 Å². The van der Waals surface area contributed by atoms with E-state index < -0.39 is 17.8 Å². The second-order valence-electron chi connectivity index (χ2n) is 4.30. The number of hydrogen-bond acceptors (Lipinski definition) is 6. The fourth-order valence-corrected chi connectivity index (χ4v) is 1.65. The Morgan fingerprint density at radius 3 is 2.27 bits per heavy atom. The Hall–Kier alpha value is -3.22. The molecule has 1 aromatic carbocycles. The van der Waals surface area contributed by atoms with E-state index in [-0.39, 0.29) is 17.0 Å². The number of methoxy groups -OCH3 is 1. The van der Waals surface area contributed by atoms with Crippen molar-refractivity contribution in [2.45, 2.75) is 0 Å². The number of carbonyl (C=O) groups is 3. The number of nitrogen functional groups attached to an aromatic ring is 1. The first-order valence-electron chi connectivity index (χ1n) is 6.28. The standard InChI is InChI=1S/C15H13N3O4/c1-22-15(21)12-4-2-3-11(17-12)14(20)18-13(19)9-5-7-10(16)8-6-9/h2-8H,16H2,1H3,(H,18,19,20). The molecule has 1 heterocycles. The highest BCUT2D eigenvalue weighted by Gasteiger charge is 2.15. The number of rotatable bonds is 3. The maximum atomic E-state index is 12.0. The molecule has 2 aromatic rings. The van der Waals surface area contributed by atoms with Crippen molar-refractivity contribution < 1.29 is 19.1 Å². The first-order chi connectivity index (χ1) is 10.5. The van der Waals surface area contributed by atoms with Crippen LogP contribution in [0.15, 0.2) is 42.5 Å². The minimum absolute atomic E-state index is 0.0184. The fourth-order valence-electron chi connectivity index (χ4n) is 1.65. The lowest BCUT2D eigenvalue weighted by molar-refractivity contribution is 0.0594. The van der Waals surface area contributed by atoms with Crippen LogP contribution in [0.25, 0.3) is 0 Å². The Morgan fingerprint density at radius 1 is 1.00 bits per heavy atom. The molecule has 3 N–H and O–H groups in total. The van der Waals surface area contributed by atoms with Gasteiger partial charge in [0.15, 0.2) is 0 Å². The normalized spacial score (nSPS) is 9.86. The molecule has 0 fully saturated rings. The molecule has 0 aliphatic rings. The van der Waals surface area contributed by atoms with Gasteiger partial charge in [-0.05, 0) is 36.4 Å². The van der Waals surface area contributed by atoms with Crippen molar-refractivity contribution in [2.24, 2.45) is 0 Å². The molecule has 7 nitrogen and oxygen atoms in total. The molecule has 112 valence electrons. The molecular formula is C15H13N3O4. The molecule has 0 bridgehead atoms. The molecule has 0 saturated heterocycles. The van der Waals surface area contributed by atoms with Crippen LogP contribution < -0.4 is 11.1 Å². The summed E-state index contributed by atoms with van der Waals surface area (Å²) in [6.45, 7) is 0. The summed E-state index contributed by atoms with van der Waals surface area (Å²) in [6, 6.07) is 10.4. The van der Waals surface area contributed by atoms with Crippen molar-refractivity contribution in [1.82, 2.24) is 10.3 Å². The minimum Gasteiger partial charge on any atom is -0.464 e. The summed E-state index contributed by atoms with van der Waals surface area (Å²) in [5.74, 6) is -1.97. The van der Waals surface area contributed by atoms with Crippen molar-refractivity contribution in [3.63, 3.8) is 0 Å². The number of nitrogens with zero attached hydrogens (tertiary/aromatic N) is 1. The van der Waals surface area contributed by atoms with Gasteiger partial charge in [0.25, 0.3) is 11.8 Å². The quantitative estimate of drug-likeness (QED) is 0.497. The van der Waals surface area contributed by atoms with Gasteiger partial charge >= 0.3 is 5.97 Å². The summed E-state index contributed by atoms with van der Waals surface area (Å²) in [5.41, 5.74) is 6.24. The van der Waals surface area contributed by atoms with E-state index in [1.165, 1.54) is 37.4 Å². The monoisotopic (exact) mass is 299 g/mol. The zero-order valence-corrected chi connectivity index (χ0v) is 11.7. The summed E-state index contributed by atoms with van der Waals surface area (Å²) in [6.07, 6.45) is 0. The van der Waals surface area contributed by atoms with Gasteiger partial charge in [-0.2, -0.15) is 0 Å². The molecule has 0 unspecified atom stereocenters. The summed E-state index contributed by atoms with van der Waals surface area (Å²) in [7, 11) is 1.21. The second kappa shape index (κ2) is 6.49. The van der Waals surface area contributed by atoms with E-state index in [4.69, 9.17) is 5.73 Å². The molecule has 0 aliphatic carbocycles. The molecule has 1 aromatic heterocycles. The van der Waals surface area contributed by atoms with Gasteiger partial charge in [0.1, 0.15) is 11.4 Å². The van der Waals surface area contributed by atoms with Crippen LogP contribution in [-0.2, 0) is 4.74 Å². The van der Waals surface area contributed by atoms with E-state index in [0.29, 0.717) is 5.69 Å². The van der Waals surface area contributed by atoms with Crippen LogP contribution in [0, 0.1) is 0 Å². The van der Waals surface area contributed by atoms with Crippen molar-refractivity contribution >= 4 is 23.5 Å². The Bertz CT molecular complexity index is 726. The Morgan fingerprint density at radius 2 is 1.64 bits per heavy atom. The van der Waals surface area contributed by atoms with E-state index >= 15 is 0 Å². The molecule has 0 saturated carbocycles. The summed E-state index contributed by atoms with van der Waals surface area (Å²) < 4.78 is 4.52. The van der Waals surface area contributed by atoms with E-state index in [9.17, 15) is 14.4 Å². The van der Waals surface area contributed by atoms with Gasteiger partial charge in [-0.3, -0.25) is 14.9 Å². The first kappa shape index (κ1) is 15.2. The molecule has 2 rings (SSSR count). The van der Waals surface area contributed by atoms with Gasteiger partial charge in [0, 0.05) is 11.3 Å². The molecule has 7 heteroatoms. The third-order valence-corrected chi connectivity index (χ3v) is 2.78. The topological polar surface area (TPSA) is 111 Å². The molecule has 22 heavy (non-hydrogen) atoms. The van der Waals surface area contributed by atoms with E-state index in [2.05, 4.69) is 15.0 Å². The highest BCUT2D eigenvalue weighted by Crippen LogP contribution is 2.06. The van der Waals surface area contributed by atoms with Gasteiger partial charge in [-0.25, -0.2) is 9.78 Å². The number of imide groups is 1. The van der Waals surface area contributed by atoms with Crippen LogP contribution in [0.1, 0.15) is 31.3 Å². The van der Waals surface area contributed by atoms with E-state index in [1.54, 1.807) is 12.1 Å². The number of ether oxygens (including phenoxy) is 1. The number of pyridine rings is 1. The van der Waals surface area contributed by atoms with Crippen LogP contribution in [-0.4, -0.2) is 29.9 Å². The average molecular weight is 299 g/mol.